The van der Waals surface area contributed by atoms with Crippen LogP contribution >= 0.6 is 0 Å². The summed E-state index contributed by atoms with van der Waals surface area (Å²) >= 11 is 0. The van der Waals surface area contributed by atoms with E-state index in [2.05, 4.69) is 0 Å². The minimum absolute atomic E-state index is 0.127. The van der Waals surface area contributed by atoms with Crippen LogP contribution in [0.15, 0.2) is 47.4 Å². The Kier molecular flexibility index (Phi) is 4.89. The molecule has 1 unspecified atom stereocenters. The molecular formula is C21H24N2O4S. The van der Waals surface area contributed by atoms with Gasteiger partial charge in [0.25, 0.3) is 0 Å². The van der Waals surface area contributed by atoms with Crippen molar-refractivity contribution in [3.63, 3.8) is 0 Å². The summed E-state index contributed by atoms with van der Waals surface area (Å²) in [5, 5.41) is 0. The first-order chi connectivity index (χ1) is 13.4. The minimum Gasteiger partial charge on any atom is -0.490 e. The van der Waals surface area contributed by atoms with Gasteiger partial charge in [-0.05, 0) is 43.5 Å². The first-order valence-corrected chi connectivity index (χ1v) is 11.0. The van der Waals surface area contributed by atoms with E-state index < -0.39 is 10.0 Å². The molecule has 2 aromatic rings. The van der Waals surface area contributed by atoms with Crippen molar-refractivity contribution >= 4 is 21.6 Å². The number of carbonyl (C=O) groups is 1. The van der Waals surface area contributed by atoms with Crippen LogP contribution in [0.25, 0.3) is 0 Å². The molecule has 148 valence electrons. The van der Waals surface area contributed by atoms with Crippen LogP contribution in [0, 0.1) is 6.92 Å². The second kappa shape index (κ2) is 7.22. The number of hydrogen-bond donors (Lipinski definition) is 0. The molecule has 2 aromatic carbocycles. The monoisotopic (exact) mass is 400 g/mol. The second-order valence-corrected chi connectivity index (χ2v) is 9.22. The largest absolute Gasteiger partial charge is 0.490 e. The van der Waals surface area contributed by atoms with Gasteiger partial charge in [-0.15, -0.1) is 0 Å². The lowest BCUT2D eigenvalue weighted by Crippen LogP contribution is -2.36. The van der Waals surface area contributed by atoms with E-state index in [4.69, 9.17) is 4.74 Å². The van der Waals surface area contributed by atoms with Crippen molar-refractivity contribution in [3.8, 4) is 5.75 Å². The predicted molar refractivity (Wildman–Crippen MR) is 107 cm³/mol. The van der Waals surface area contributed by atoms with Crippen LogP contribution in [0.1, 0.15) is 36.9 Å². The average molecular weight is 401 g/mol. The molecule has 1 saturated heterocycles. The SMILES string of the molecule is CC(=O)N1CCOc2ccc(S(=O)(=O)N3CCCC3c3ccc(C)cc3)cc21. The smallest absolute Gasteiger partial charge is 0.243 e. The van der Waals surface area contributed by atoms with Crippen molar-refractivity contribution < 1.29 is 17.9 Å². The topological polar surface area (TPSA) is 66.9 Å². The van der Waals surface area contributed by atoms with Gasteiger partial charge in [-0.3, -0.25) is 4.79 Å². The number of amides is 1. The minimum atomic E-state index is -3.69. The molecule has 28 heavy (non-hydrogen) atoms. The zero-order valence-corrected chi connectivity index (χ0v) is 16.9. The van der Waals surface area contributed by atoms with Crippen LogP contribution in [0.3, 0.4) is 0 Å². The van der Waals surface area contributed by atoms with E-state index in [0.29, 0.717) is 31.1 Å². The van der Waals surface area contributed by atoms with Crippen molar-refractivity contribution in [2.45, 2.75) is 37.6 Å². The van der Waals surface area contributed by atoms with Gasteiger partial charge < -0.3 is 9.64 Å². The number of nitrogens with zero attached hydrogens (tertiary/aromatic N) is 2. The zero-order valence-electron chi connectivity index (χ0n) is 16.1. The summed E-state index contributed by atoms with van der Waals surface area (Å²) < 4.78 is 34.0. The Morgan fingerprint density at radius 2 is 1.86 bits per heavy atom. The summed E-state index contributed by atoms with van der Waals surface area (Å²) in [6, 6.07) is 12.7. The number of fused-ring (bicyclic) bond motifs is 1. The van der Waals surface area contributed by atoms with Gasteiger partial charge >= 0.3 is 0 Å². The maximum absolute atomic E-state index is 13.4. The highest BCUT2D eigenvalue weighted by atomic mass is 32.2. The molecule has 1 fully saturated rings. The third-order valence-electron chi connectivity index (χ3n) is 5.45. The lowest BCUT2D eigenvalue weighted by atomic mass is 10.0. The van der Waals surface area contributed by atoms with Crippen LogP contribution in [-0.4, -0.2) is 38.3 Å². The Morgan fingerprint density at radius 3 is 2.57 bits per heavy atom. The molecule has 7 heteroatoms. The Labute approximate surface area is 165 Å². The first-order valence-electron chi connectivity index (χ1n) is 9.51. The van der Waals surface area contributed by atoms with Crippen molar-refractivity contribution in [3.05, 3.63) is 53.6 Å². The molecule has 2 aliphatic rings. The number of rotatable bonds is 3. The van der Waals surface area contributed by atoms with Crippen LogP contribution in [-0.2, 0) is 14.8 Å². The Hall–Kier alpha value is -2.38. The highest BCUT2D eigenvalue weighted by Crippen LogP contribution is 2.39. The summed E-state index contributed by atoms with van der Waals surface area (Å²) in [5.74, 6) is 0.412. The number of ether oxygens (including phenoxy) is 1. The average Bonchev–Trinajstić information content (AvgIpc) is 3.18. The van der Waals surface area contributed by atoms with Gasteiger partial charge in [-0.25, -0.2) is 8.42 Å². The highest BCUT2D eigenvalue weighted by molar-refractivity contribution is 7.89. The molecule has 0 spiro atoms. The van der Waals surface area contributed by atoms with E-state index in [0.717, 1.165) is 24.0 Å². The van der Waals surface area contributed by atoms with Gasteiger partial charge in [0, 0.05) is 13.5 Å². The van der Waals surface area contributed by atoms with Crippen LogP contribution in [0.4, 0.5) is 5.69 Å². The van der Waals surface area contributed by atoms with Crippen molar-refractivity contribution in [1.29, 1.82) is 0 Å². The summed E-state index contributed by atoms with van der Waals surface area (Å²) in [5.41, 5.74) is 2.68. The van der Waals surface area contributed by atoms with Crippen molar-refractivity contribution in [1.82, 2.24) is 4.31 Å². The summed E-state index contributed by atoms with van der Waals surface area (Å²) in [6.07, 6.45) is 1.63. The number of benzene rings is 2. The third kappa shape index (κ3) is 3.29. The van der Waals surface area contributed by atoms with Gasteiger partial charge in [0.05, 0.1) is 23.2 Å². The van der Waals surface area contributed by atoms with Gasteiger partial charge in [-0.2, -0.15) is 4.31 Å². The molecule has 2 heterocycles. The molecule has 1 amide bonds. The molecule has 0 aliphatic carbocycles. The number of carbonyl (C=O) groups excluding carboxylic acids is 1. The van der Waals surface area contributed by atoms with Crippen LogP contribution < -0.4 is 9.64 Å². The molecule has 1 atom stereocenters. The maximum atomic E-state index is 13.4. The van der Waals surface area contributed by atoms with E-state index >= 15 is 0 Å². The summed E-state index contributed by atoms with van der Waals surface area (Å²) in [7, 11) is -3.69. The fraction of sp³-hybridized carbons (Fsp3) is 0.381. The fourth-order valence-electron chi connectivity index (χ4n) is 3.97. The van der Waals surface area contributed by atoms with Gasteiger partial charge in [0.1, 0.15) is 12.4 Å². The molecule has 2 aliphatic heterocycles. The van der Waals surface area contributed by atoms with Crippen LogP contribution in [0.2, 0.25) is 0 Å². The summed E-state index contributed by atoms with van der Waals surface area (Å²) in [4.78, 5) is 13.7. The number of hydrogen-bond acceptors (Lipinski definition) is 4. The van der Waals surface area contributed by atoms with Gasteiger partial charge in [0.2, 0.25) is 15.9 Å². The third-order valence-corrected chi connectivity index (χ3v) is 7.35. The van der Waals surface area contributed by atoms with E-state index in [-0.39, 0.29) is 16.8 Å². The molecule has 0 aromatic heterocycles. The number of aryl methyl sites for hydroxylation is 1. The van der Waals surface area contributed by atoms with Gasteiger partial charge in [-0.1, -0.05) is 29.8 Å². The molecular weight excluding hydrogens is 376 g/mol. The number of sulfonamides is 1. The first kappa shape index (κ1) is 19.0. The summed E-state index contributed by atoms with van der Waals surface area (Å²) in [6.45, 7) is 4.81. The predicted octanol–water partition coefficient (Wildman–Crippen LogP) is 3.27. The van der Waals surface area contributed by atoms with E-state index in [1.54, 1.807) is 27.4 Å². The maximum Gasteiger partial charge on any atom is 0.243 e. The normalized spacial score (nSPS) is 19.9. The molecule has 0 radical (unpaired) electrons. The number of anilines is 1. The zero-order chi connectivity index (χ0) is 19.9. The van der Waals surface area contributed by atoms with Gasteiger partial charge in [0.15, 0.2) is 0 Å². The lowest BCUT2D eigenvalue weighted by Gasteiger charge is -2.30. The lowest BCUT2D eigenvalue weighted by molar-refractivity contribution is -0.116. The Morgan fingerprint density at radius 1 is 1.11 bits per heavy atom. The molecule has 0 saturated carbocycles. The van der Waals surface area contributed by atoms with E-state index in [9.17, 15) is 13.2 Å². The quantitative estimate of drug-likeness (QED) is 0.793. The molecule has 0 N–H and O–H groups in total. The van der Waals surface area contributed by atoms with Crippen molar-refractivity contribution in [2.24, 2.45) is 0 Å². The van der Waals surface area contributed by atoms with Crippen LogP contribution in [0.5, 0.6) is 5.75 Å². The van der Waals surface area contributed by atoms with E-state index in [1.165, 1.54) is 6.92 Å². The molecule has 4 rings (SSSR count). The van der Waals surface area contributed by atoms with E-state index in [1.807, 2.05) is 31.2 Å². The Balaban J connectivity index is 1.71. The Bertz CT molecular complexity index is 1000. The molecule has 6 nitrogen and oxygen atoms in total. The highest BCUT2D eigenvalue weighted by Gasteiger charge is 2.37. The fourth-order valence-corrected chi connectivity index (χ4v) is 5.67. The van der Waals surface area contributed by atoms with Crippen molar-refractivity contribution in [2.75, 3.05) is 24.6 Å². The standard InChI is InChI=1S/C21H24N2O4S/c1-15-5-7-17(8-6-15)19-4-3-11-23(19)28(25,26)18-9-10-21-20(14-18)22(16(2)24)12-13-27-21/h5-10,14,19H,3-4,11-13H2,1-2H3. The second-order valence-electron chi connectivity index (χ2n) is 7.33. The molecule has 0 bridgehead atoms.